The van der Waals surface area contributed by atoms with E-state index in [0.29, 0.717) is 0 Å². The van der Waals surface area contributed by atoms with E-state index in [2.05, 4.69) is 41.2 Å². The number of allylic oxidation sites excluding steroid dienone is 3. The second-order valence-corrected chi connectivity index (χ2v) is 5.74. The molecule has 0 amide bonds. The number of hydrogen-bond donors (Lipinski definition) is 0. The fourth-order valence-corrected chi connectivity index (χ4v) is 4.02. The summed E-state index contributed by atoms with van der Waals surface area (Å²) in [5, 5.41) is 0. The molecule has 0 unspecified atom stereocenters. The van der Waals surface area contributed by atoms with Gasteiger partial charge in [-0.15, -0.1) is 11.6 Å². The lowest BCUT2D eigenvalue weighted by atomic mass is 9.31. The molecule has 0 bridgehead atoms. The lowest BCUT2D eigenvalue weighted by Gasteiger charge is -2.75. The molecule has 1 saturated carbocycles. The van der Waals surface area contributed by atoms with Gasteiger partial charge in [0, 0.05) is 10.8 Å². The van der Waals surface area contributed by atoms with E-state index in [0.717, 1.165) is 0 Å². The summed E-state index contributed by atoms with van der Waals surface area (Å²) in [7, 11) is 0. The molecule has 1 fully saturated rings. The van der Waals surface area contributed by atoms with Crippen molar-refractivity contribution in [2.45, 2.75) is 39.5 Å². The Labute approximate surface area is 85.7 Å². The van der Waals surface area contributed by atoms with Crippen molar-refractivity contribution >= 4 is 11.6 Å². The molecule has 0 nitrogen and oxygen atoms in total. The molecular weight excluding hydrogens is 180 g/mol. The van der Waals surface area contributed by atoms with E-state index in [-0.39, 0.29) is 15.7 Å². The highest BCUT2D eigenvalue weighted by molar-refractivity contribution is 6.28. The molecule has 0 aromatic heterocycles. The Hall–Kier alpha value is -0.230. The molecule has 2 rings (SSSR count). The predicted molar refractivity (Wildman–Crippen MR) is 58.0 cm³/mol. The van der Waals surface area contributed by atoms with Gasteiger partial charge in [0.25, 0.3) is 0 Å². The average Bonchev–Trinajstić information content (AvgIpc) is 2.11. The minimum absolute atomic E-state index is 0.142. The van der Waals surface area contributed by atoms with Crippen molar-refractivity contribution in [2.24, 2.45) is 10.8 Å². The smallest absolute Gasteiger partial charge is 0.0735 e. The van der Waals surface area contributed by atoms with Crippen molar-refractivity contribution in [3.05, 3.63) is 23.3 Å². The first kappa shape index (κ1) is 9.33. The number of alkyl halides is 1. The van der Waals surface area contributed by atoms with Gasteiger partial charge in [-0.1, -0.05) is 31.6 Å². The van der Waals surface area contributed by atoms with Crippen LogP contribution in [0.4, 0.5) is 0 Å². The first-order valence-electron chi connectivity index (χ1n) is 4.79. The van der Waals surface area contributed by atoms with Crippen LogP contribution >= 0.6 is 11.6 Å². The van der Waals surface area contributed by atoms with Gasteiger partial charge >= 0.3 is 0 Å². The summed E-state index contributed by atoms with van der Waals surface area (Å²) >= 11 is 6.51. The fraction of sp³-hybridized carbons (Fsp3) is 0.667. The molecule has 13 heavy (non-hydrogen) atoms. The number of rotatable bonds is 0. The zero-order valence-electron chi connectivity index (χ0n) is 9.09. The molecule has 0 N–H and O–H groups in total. The number of halogens is 1. The van der Waals surface area contributed by atoms with Gasteiger partial charge in [0.2, 0.25) is 0 Å². The van der Waals surface area contributed by atoms with Crippen molar-refractivity contribution in [3.63, 3.8) is 0 Å². The fourth-order valence-electron chi connectivity index (χ4n) is 3.50. The van der Waals surface area contributed by atoms with Crippen LogP contribution in [-0.2, 0) is 0 Å². The molecule has 0 saturated heterocycles. The Balaban J connectivity index is 2.63. The summed E-state index contributed by atoms with van der Waals surface area (Å²) in [5.74, 6) is 0. The molecule has 0 aliphatic heterocycles. The maximum absolute atomic E-state index is 6.51. The van der Waals surface area contributed by atoms with Gasteiger partial charge in [-0.05, 0) is 26.3 Å². The van der Waals surface area contributed by atoms with Crippen LogP contribution in [0, 0.1) is 10.8 Å². The van der Waals surface area contributed by atoms with Crippen LogP contribution in [0.3, 0.4) is 0 Å². The molecule has 0 spiro atoms. The van der Waals surface area contributed by atoms with Gasteiger partial charge in [-0.3, -0.25) is 0 Å². The molecule has 72 valence electrons. The van der Waals surface area contributed by atoms with E-state index in [1.54, 1.807) is 0 Å². The van der Waals surface area contributed by atoms with Crippen molar-refractivity contribution in [3.8, 4) is 0 Å². The highest BCUT2D eigenvalue weighted by atomic mass is 35.5. The minimum Gasteiger partial charge on any atom is -0.114 e. The van der Waals surface area contributed by atoms with E-state index in [4.69, 9.17) is 11.6 Å². The van der Waals surface area contributed by atoms with Crippen LogP contribution in [0.5, 0.6) is 0 Å². The third-order valence-corrected chi connectivity index (χ3v) is 5.78. The first-order valence-corrected chi connectivity index (χ1v) is 5.17. The van der Waals surface area contributed by atoms with Gasteiger partial charge in [0.05, 0.1) is 4.87 Å². The van der Waals surface area contributed by atoms with Crippen molar-refractivity contribution in [1.82, 2.24) is 0 Å². The lowest BCUT2D eigenvalue weighted by molar-refractivity contribution is 0.00998. The van der Waals surface area contributed by atoms with Crippen LogP contribution in [-0.4, -0.2) is 4.87 Å². The van der Waals surface area contributed by atoms with Gasteiger partial charge in [-0.25, -0.2) is 0 Å². The zero-order valence-corrected chi connectivity index (χ0v) is 9.84. The van der Waals surface area contributed by atoms with Gasteiger partial charge < -0.3 is 0 Å². The van der Waals surface area contributed by atoms with Crippen molar-refractivity contribution in [2.75, 3.05) is 0 Å². The summed E-state index contributed by atoms with van der Waals surface area (Å²) < 4.78 is 0. The van der Waals surface area contributed by atoms with Crippen molar-refractivity contribution in [1.29, 1.82) is 0 Å². The first-order chi connectivity index (χ1) is 5.72. The molecular formula is C12H17Cl. The maximum atomic E-state index is 6.51. The number of fused-ring (bicyclic) bond motifs is 1. The Morgan fingerprint density at radius 3 is 1.92 bits per heavy atom. The average molecular weight is 197 g/mol. The van der Waals surface area contributed by atoms with Crippen LogP contribution in [0.1, 0.15) is 34.6 Å². The van der Waals surface area contributed by atoms with Crippen LogP contribution in [0.2, 0.25) is 0 Å². The SMILES string of the molecule is C=C1[C@]2(C)C(C)=C(C)[C@]2(C)[C@@]1(C)Cl. The zero-order chi connectivity index (χ0) is 10.2. The van der Waals surface area contributed by atoms with E-state index in [9.17, 15) is 0 Å². The Morgan fingerprint density at radius 2 is 1.54 bits per heavy atom. The molecule has 3 atom stereocenters. The molecule has 0 aromatic rings. The van der Waals surface area contributed by atoms with Crippen LogP contribution in [0.25, 0.3) is 0 Å². The third kappa shape index (κ3) is 0.536. The Morgan fingerprint density at radius 1 is 1.08 bits per heavy atom. The normalized spacial score (nSPS) is 54.2. The highest BCUT2D eigenvalue weighted by Gasteiger charge is 2.75. The van der Waals surface area contributed by atoms with Crippen LogP contribution in [0.15, 0.2) is 23.3 Å². The summed E-state index contributed by atoms with van der Waals surface area (Å²) in [5.41, 5.74) is 4.43. The molecule has 0 aromatic carbocycles. The molecule has 1 heteroatoms. The maximum Gasteiger partial charge on any atom is 0.0735 e. The van der Waals surface area contributed by atoms with E-state index < -0.39 is 0 Å². The lowest BCUT2D eigenvalue weighted by Crippen LogP contribution is -2.71. The molecule has 2 aliphatic carbocycles. The summed E-state index contributed by atoms with van der Waals surface area (Å²) in [6, 6.07) is 0. The van der Waals surface area contributed by atoms with E-state index in [1.165, 1.54) is 16.7 Å². The summed E-state index contributed by atoms with van der Waals surface area (Å²) in [6.07, 6.45) is 0. The topological polar surface area (TPSA) is 0 Å². The van der Waals surface area contributed by atoms with E-state index in [1.807, 2.05) is 0 Å². The quantitative estimate of drug-likeness (QED) is 0.407. The van der Waals surface area contributed by atoms with E-state index >= 15 is 0 Å². The minimum atomic E-state index is -0.231. The second-order valence-electron chi connectivity index (χ2n) is 4.98. The second kappa shape index (κ2) is 1.91. The van der Waals surface area contributed by atoms with Gasteiger partial charge in [0.1, 0.15) is 0 Å². The van der Waals surface area contributed by atoms with Crippen LogP contribution < -0.4 is 0 Å². The Kier molecular flexibility index (Phi) is 1.37. The summed E-state index contributed by atoms with van der Waals surface area (Å²) in [4.78, 5) is -0.231. The number of hydrogen-bond acceptors (Lipinski definition) is 0. The standard InChI is InChI=1S/C12H17Cl/c1-7-8(2)11(5)10(7,4)9(3)12(11,6)13/h3H2,1-2,4-6H3/t10-,11-,12-/m0/s1. The highest BCUT2D eigenvalue weighted by Crippen LogP contribution is 2.80. The molecule has 0 radical (unpaired) electrons. The van der Waals surface area contributed by atoms with Crippen molar-refractivity contribution < 1.29 is 0 Å². The third-order valence-electron chi connectivity index (χ3n) is 5.17. The largest absolute Gasteiger partial charge is 0.114 e. The van der Waals surface area contributed by atoms with Gasteiger partial charge in [-0.2, -0.15) is 0 Å². The molecule has 2 aliphatic rings. The Bertz CT molecular complexity index is 348. The van der Waals surface area contributed by atoms with Gasteiger partial charge in [0.15, 0.2) is 0 Å². The summed E-state index contributed by atoms with van der Waals surface area (Å²) in [6.45, 7) is 15.2. The molecule has 0 heterocycles. The monoisotopic (exact) mass is 196 g/mol. The predicted octanol–water partition coefficient (Wildman–Crippen LogP) is 3.92.